The van der Waals surface area contributed by atoms with Crippen molar-refractivity contribution in [2.75, 3.05) is 6.54 Å². The maximum Gasteiger partial charge on any atom is 0.214 e. The van der Waals surface area contributed by atoms with Crippen LogP contribution in [-0.4, -0.2) is 17.6 Å². The van der Waals surface area contributed by atoms with Crippen molar-refractivity contribution in [1.82, 2.24) is 10.3 Å². The van der Waals surface area contributed by atoms with Gasteiger partial charge in [-0.15, -0.1) is 0 Å². The number of ether oxygens (including phenoxy) is 1. The van der Waals surface area contributed by atoms with E-state index in [9.17, 15) is 0 Å². The Morgan fingerprint density at radius 1 is 1.15 bits per heavy atom. The van der Waals surface area contributed by atoms with Gasteiger partial charge in [-0.2, -0.15) is 0 Å². The van der Waals surface area contributed by atoms with Crippen LogP contribution in [0.1, 0.15) is 64.6 Å². The van der Waals surface area contributed by atoms with E-state index in [1.165, 1.54) is 5.56 Å². The summed E-state index contributed by atoms with van der Waals surface area (Å²) in [6, 6.07) is 4.28. The summed E-state index contributed by atoms with van der Waals surface area (Å²) in [4.78, 5) is 4.62. The lowest BCUT2D eigenvalue weighted by atomic mass is 10.1. The molecule has 0 spiro atoms. The molecule has 1 aromatic heterocycles. The maximum atomic E-state index is 5.95. The van der Waals surface area contributed by atoms with E-state index >= 15 is 0 Å². The predicted molar refractivity (Wildman–Crippen MR) is 85.2 cm³/mol. The Balaban J connectivity index is 2.75. The molecule has 3 nitrogen and oxygen atoms in total. The summed E-state index contributed by atoms with van der Waals surface area (Å²) in [5.41, 5.74) is 2.41. The van der Waals surface area contributed by atoms with Crippen molar-refractivity contribution in [2.45, 2.75) is 72.4 Å². The molecule has 0 bridgehead atoms. The average Bonchev–Trinajstić information content (AvgIpc) is 2.39. The molecule has 0 saturated heterocycles. The van der Waals surface area contributed by atoms with Crippen LogP contribution in [-0.2, 0) is 13.0 Å². The van der Waals surface area contributed by atoms with Crippen molar-refractivity contribution in [3.63, 3.8) is 0 Å². The second kappa shape index (κ2) is 9.76. The highest BCUT2D eigenvalue weighted by Gasteiger charge is 2.07. The predicted octanol–water partition coefficient (Wildman–Crippen LogP) is 4.10. The second-order valence-corrected chi connectivity index (χ2v) is 5.45. The Bertz CT molecular complexity index is 379. The molecule has 1 aromatic rings. The third-order valence-electron chi connectivity index (χ3n) is 3.19. The molecule has 0 fully saturated rings. The largest absolute Gasteiger partial charge is 0.475 e. The van der Waals surface area contributed by atoms with Gasteiger partial charge in [0, 0.05) is 18.3 Å². The summed E-state index contributed by atoms with van der Waals surface area (Å²) in [6.45, 7) is 10.6. The van der Waals surface area contributed by atoms with Crippen molar-refractivity contribution in [1.29, 1.82) is 0 Å². The zero-order chi connectivity index (χ0) is 14.8. The molecule has 3 heteroatoms. The van der Waals surface area contributed by atoms with Crippen LogP contribution in [0.4, 0.5) is 0 Å². The Hall–Kier alpha value is -1.09. The molecular formula is C17H30N2O. The molecule has 0 aromatic carbocycles. The van der Waals surface area contributed by atoms with Crippen LogP contribution in [0.25, 0.3) is 0 Å². The molecule has 0 aliphatic carbocycles. The zero-order valence-electron chi connectivity index (χ0n) is 13.5. The summed E-state index contributed by atoms with van der Waals surface area (Å²) in [6.07, 6.45) is 5.73. The third-order valence-corrected chi connectivity index (χ3v) is 3.19. The first-order valence-electron chi connectivity index (χ1n) is 8.06. The van der Waals surface area contributed by atoms with Gasteiger partial charge in [-0.05, 0) is 44.4 Å². The number of nitrogens with one attached hydrogen (secondary N) is 1. The fourth-order valence-corrected chi connectivity index (χ4v) is 2.25. The molecule has 0 aliphatic rings. The van der Waals surface area contributed by atoms with Gasteiger partial charge in [-0.3, -0.25) is 0 Å². The summed E-state index contributed by atoms with van der Waals surface area (Å²) in [5, 5.41) is 3.44. The van der Waals surface area contributed by atoms with Gasteiger partial charge in [0.1, 0.15) is 0 Å². The molecule has 1 rings (SSSR count). The van der Waals surface area contributed by atoms with Crippen LogP contribution < -0.4 is 10.1 Å². The average molecular weight is 278 g/mol. The summed E-state index contributed by atoms with van der Waals surface area (Å²) >= 11 is 0. The quantitative estimate of drug-likeness (QED) is 0.654. The first-order chi connectivity index (χ1) is 9.69. The minimum absolute atomic E-state index is 0.237. The lowest BCUT2D eigenvalue weighted by Crippen LogP contribution is -2.16. The summed E-state index contributed by atoms with van der Waals surface area (Å²) in [7, 11) is 0. The number of pyridine rings is 1. The molecule has 1 unspecified atom stereocenters. The SMILES string of the molecule is CCCNCc1cc(CCC)nc(OC(C)CCC)c1. The van der Waals surface area contributed by atoms with E-state index in [-0.39, 0.29) is 6.10 Å². The number of aryl methyl sites for hydroxylation is 1. The Morgan fingerprint density at radius 2 is 1.95 bits per heavy atom. The third kappa shape index (κ3) is 6.38. The molecular weight excluding hydrogens is 248 g/mol. The molecule has 0 saturated carbocycles. The number of hydrogen-bond acceptors (Lipinski definition) is 3. The molecule has 114 valence electrons. The minimum atomic E-state index is 0.237. The van der Waals surface area contributed by atoms with E-state index in [4.69, 9.17) is 4.74 Å². The van der Waals surface area contributed by atoms with Crippen LogP contribution in [0.2, 0.25) is 0 Å². The molecule has 0 aliphatic heterocycles. The molecule has 0 radical (unpaired) electrons. The van der Waals surface area contributed by atoms with Gasteiger partial charge in [-0.25, -0.2) is 4.98 Å². The van der Waals surface area contributed by atoms with Gasteiger partial charge in [0.05, 0.1) is 6.10 Å². The van der Waals surface area contributed by atoms with Gasteiger partial charge in [-0.1, -0.05) is 33.6 Å². The second-order valence-electron chi connectivity index (χ2n) is 5.45. The highest BCUT2D eigenvalue weighted by atomic mass is 16.5. The van der Waals surface area contributed by atoms with Crippen LogP contribution in [0.5, 0.6) is 5.88 Å². The van der Waals surface area contributed by atoms with Crippen LogP contribution in [0.3, 0.4) is 0 Å². The highest BCUT2D eigenvalue weighted by Crippen LogP contribution is 2.17. The van der Waals surface area contributed by atoms with Crippen molar-refractivity contribution in [3.05, 3.63) is 23.4 Å². The Kier molecular flexibility index (Phi) is 8.28. The van der Waals surface area contributed by atoms with Gasteiger partial charge >= 0.3 is 0 Å². The van der Waals surface area contributed by atoms with Crippen molar-refractivity contribution < 1.29 is 4.74 Å². The van der Waals surface area contributed by atoms with E-state index in [2.05, 4.69) is 50.1 Å². The lowest BCUT2D eigenvalue weighted by Gasteiger charge is -2.15. The number of nitrogens with zero attached hydrogens (tertiary/aromatic N) is 1. The molecule has 20 heavy (non-hydrogen) atoms. The number of aromatic nitrogens is 1. The van der Waals surface area contributed by atoms with E-state index in [1.807, 2.05) is 0 Å². The number of rotatable bonds is 10. The first kappa shape index (κ1) is 17.0. The Morgan fingerprint density at radius 3 is 2.60 bits per heavy atom. The van der Waals surface area contributed by atoms with Crippen LogP contribution >= 0.6 is 0 Å². The first-order valence-corrected chi connectivity index (χ1v) is 8.06. The summed E-state index contributed by atoms with van der Waals surface area (Å²) < 4.78 is 5.95. The monoisotopic (exact) mass is 278 g/mol. The van der Waals surface area contributed by atoms with E-state index in [0.717, 1.165) is 56.8 Å². The van der Waals surface area contributed by atoms with Crippen LogP contribution in [0, 0.1) is 0 Å². The molecule has 1 N–H and O–H groups in total. The standard InChI is InChI=1S/C17H30N2O/c1-5-8-14(4)20-17-12-15(13-18-10-7-3)11-16(19-17)9-6-2/h11-12,14,18H,5-10,13H2,1-4H3. The van der Waals surface area contributed by atoms with E-state index in [0.29, 0.717) is 0 Å². The van der Waals surface area contributed by atoms with Gasteiger partial charge in [0.2, 0.25) is 5.88 Å². The van der Waals surface area contributed by atoms with Gasteiger partial charge in [0.25, 0.3) is 0 Å². The maximum absolute atomic E-state index is 5.95. The molecule has 1 atom stereocenters. The van der Waals surface area contributed by atoms with Crippen molar-refractivity contribution in [2.24, 2.45) is 0 Å². The van der Waals surface area contributed by atoms with E-state index < -0.39 is 0 Å². The van der Waals surface area contributed by atoms with E-state index in [1.54, 1.807) is 0 Å². The van der Waals surface area contributed by atoms with Crippen molar-refractivity contribution in [3.8, 4) is 5.88 Å². The Labute approximate surface area is 124 Å². The normalized spacial score (nSPS) is 12.4. The van der Waals surface area contributed by atoms with Crippen LogP contribution in [0.15, 0.2) is 12.1 Å². The lowest BCUT2D eigenvalue weighted by molar-refractivity contribution is 0.201. The summed E-state index contributed by atoms with van der Waals surface area (Å²) in [5.74, 6) is 0.783. The zero-order valence-corrected chi connectivity index (χ0v) is 13.5. The minimum Gasteiger partial charge on any atom is -0.475 e. The smallest absolute Gasteiger partial charge is 0.214 e. The van der Waals surface area contributed by atoms with Crippen molar-refractivity contribution >= 4 is 0 Å². The highest BCUT2D eigenvalue weighted by molar-refractivity contribution is 5.25. The van der Waals surface area contributed by atoms with Gasteiger partial charge < -0.3 is 10.1 Å². The topological polar surface area (TPSA) is 34.2 Å². The fourth-order valence-electron chi connectivity index (χ4n) is 2.25. The van der Waals surface area contributed by atoms with Gasteiger partial charge in [0.15, 0.2) is 0 Å². The number of hydrogen-bond donors (Lipinski definition) is 1. The molecule has 0 amide bonds. The fraction of sp³-hybridized carbons (Fsp3) is 0.706. The molecule has 1 heterocycles.